The number of Topliss-reactive ketones (excluding diaryl/α,β-unsaturated/α-hetero) is 1. The van der Waals surface area contributed by atoms with Gasteiger partial charge in [-0.15, -0.1) is 0 Å². The van der Waals surface area contributed by atoms with Crippen LogP contribution in [0.3, 0.4) is 0 Å². The van der Waals surface area contributed by atoms with Gasteiger partial charge < -0.3 is 0 Å². The monoisotopic (exact) mass is 461 g/mol. The van der Waals surface area contributed by atoms with Crippen molar-refractivity contribution in [3.63, 3.8) is 0 Å². The van der Waals surface area contributed by atoms with Gasteiger partial charge in [0.15, 0.2) is 5.78 Å². The molecule has 2 aromatic rings. The Labute approximate surface area is 189 Å². The number of hydrogen-bond acceptors (Lipinski definition) is 2. The maximum absolute atomic E-state index is 13.4. The maximum atomic E-state index is 13.4. The molecule has 2 aromatic carbocycles. The lowest BCUT2D eigenvalue weighted by Crippen LogP contribution is -2.44. The predicted octanol–water partition coefficient (Wildman–Crippen LogP) is 6.83. The van der Waals surface area contributed by atoms with E-state index in [1.54, 1.807) is 23.1 Å². The molecular weight excluding hydrogens is 439 g/mol. The maximum Gasteiger partial charge on any atom is 0.416 e. The molecule has 0 radical (unpaired) electrons. The Morgan fingerprint density at radius 1 is 1.03 bits per heavy atom. The van der Waals surface area contributed by atoms with E-state index in [0.29, 0.717) is 40.4 Å². The summed E-state index contributed by atoms with van der Waals surface area (Å²) in [6, 6.07) is 10.1. The Balaban J connectivity index is 1.87. The Morgan fingerprint density at radius 3 is 2.31 bits per heavy atom. The van der Waals surface area contributed by atoms with E-state index in [9.17, 15) is 22.8 Å². The molecule has 0 spiro atoms. The molecule has 32 heavy (non-hydrogen) atoms. The summed E-state index contributed by atoms with van der Waals surface area (Å²) in [7, 11) is 0. The van der Waals surface area contributed by atoms with Gasteiger partial charge in [0.05, 0.1) is 11.3 Å². The number of amides is 1. The molecule has 4 rings (SSSR count). The first-order chi connectivity index (χ1) is 14.9. The number of rotatable bonds is 2. The molecule has 0 N–H and O–H groups in total. The highest BCUT2D eigenvalue weighted by atomic mass is 35.5. The first-order valence-electron chi connectivity index (χ1n) is 10.4. The third-order valence-electron chi connectivity index (χ3n) is 6.26. The summed E-state index contributed by atoms with van der Waals surface area (Å²) in [5.74, 6) is -0.845. The van der Waals surface area contributed by atoms with E-state index in [1.165, 1.54) is 12.1 Å². The fourth-order valence-electron chi connectivity index (χ4n) is 4.72. The second-order valence-corrected chi connectivity index (χ2v) is 9.70. The number of anilines is 1. The van der Waals surface area contributed by atoms with Crippen molar-refractivity contribution in [1.82, 2.24) is 0 Å². The number of halogens is 4. The minimum absolute atomic E-state index is 0.00230. The molecule has 168 valence electrons. The second-order valence-electron chi connectivity index (χ2n) is 9.29. The van der Waals surface area contributed by atoms with Crippen LogP contribution in [-0.2, 0) is 15.8 Å². The predicted molar refractivity (Wildman–Crippen MR) is 118 cm³/mol. The summed E-state index contributed by atoms with van der Waals surface area (Å²) < 4.78 is 39.0. The van der Waals surface area contributed by atoms with Gasteiger partial charge >= 0.3 is 6.18 Å². The van der Waals surface area contributed by atoms with Crippen LogP contribution in [0.4, 0.5) is 18.9 Å². The number of benzene rings is 2. The van der Waals surface area contributed by atoms with Gasteiger partial charge in [-0.3, -0.25) is 14.5 Å². The molecule has 7 heteroatoms. The van der Waals surface area contributed by atoms with Gasteiger partial charge in [0.2, 0.25) is 5.91 Å². The average Bonchev–Trinajstić information content (AvgIpc) is 2.68. The van der Waals surface area contributed by atoms with Gasteiger partial charge in [0, 0.05) is 35.1 Å². The van der Waals surface area contributed by atoms with Crippen LogP contribution in [-0.4, -0.2) is 11.7 Å². The van der Waals surface area contributed by atoms with E-state index in [2.05, 4.69) is 0 Å². The van der Waals surface area contributed by atoms with Gasteiger partial charge in [0.1, 0.15) is 0 Å². The summed E-state index contributed by atoms with van der Waals surface area (Å²) in [4.78, 5) is 28.3. The van der Waals surface area contributed by atoms with Crippen LogP contribution in [0, 0.1) is 12.3 Å². The summed E-state index contributed by atoms with van der Waals surface area (Å²) in [5, 5.41) is 0.517. The van der Waals surface area contributed by atoms with Crippen molar-refractivity contribution in [3.8, 4) is 0 Å². The number of allylic oxidation sites excluding steroid dienone is 2. The van der Waals surface area contributed by atoms with E-state index < -0.39 is 17.7 Å². The summed E-state index contributed by atoms with van der Waals surface area (Å²) in [5.41, 5.74) is 1.94. The standard InChI is InChI=1S/C25H23ClF3NO2/c1-14-18(26)5-4-6-19(14)30-20-12-24(2,3)13-21(31)23(20)17(11-22(30)32)15-7-9-16(10-8-15)25(27,28)29/h4-10,17H,11-13H2,1-3H3. The summed E-state index contributed by atoms with van der Waals surface area (Å²) >= 11 is 6.30. The van der Waals surface area contributed by atoms with Crippen LogP contribution in [0.15, 0.2) is 53.7 Å². The topological polar surface area (TPSA) is 37.4 Å². The van der Waals surface area contributed by atoms with Gasteiger partial charge in [-0.25, -0.2) is 0 Å². The molecule has 1 unspecified atom stereocenters. The SMILES string of the molecule is Cc1c(Cl)cccc1N1C(=O)CC(c2ccc(C(F)(F)F)cc2)C2=C1CC(C)(C)CC2=O. The normalized spacial score (nSPS) is 21.1. The number of alkyl halides is 3. The highest BCUT2D eigenvalue weighted by Crippen LogP contribution is 2.49. The zero-order chi connectivity index (χ0) is 23.4. The Hall–Kier alpha value is -2.60. The molecule has 1 aliphatic heterocycles. The van der Waals surface area contributed by atoms with E-state index in [4.69, 9.17) is 11.6 Å². The molecule has 3 nitrogen and oxygen atoms in total. The second kappa shape index (κ2) is 7.77. The highest BCUT2D eigenvalue weighted by Gasteiger charge is 2.44. The fraction of sp³-hybridized carbons (Fsp3) is 0.360. The zero-order valence-corrected chi connectivity index (χ0v) is 18.8. The quantitative estimate of drug-likeness (QED) is 0.491. The van der Waals surface area contributed by atoms with Crippen LogP contribution in [0.1, 0.15) is 55.7 Å². The molecule has 0 saturated carbocycles. The van der Waals surface area contributed by atoms with Crippen molar-refractivity contribution >= 4 is 29.0 Å². The molecule has 1 aliphatic carbocycles. The lowest BCUT2D eigenvalue weighted by Gasteiger charge is -2.43. The Morgan fingerprint density at radius 2 is 1.69 bits per heavy atom. The molecule has 0 saturated heterocycles. The van der Waals surface area contributed by atoms with Gasteiger partial charge in [-0.2, -0.15) is 13.2 Å². The molecule has 0 bridgehead atoms. The van der Waals surface area contributed by atoms with Crippen LogP contribution in [0.2, 0.25) is 5.02 Å². The van der Waals surface area contributed by atoms with Gasteiger partial charge in [-0.05, 0) is 54.2 Å². The summed E-state index contributed by atoms with van der Waals surface area (Å²) in [6.45, 7) is 5.77. The van der Waals surface area contributed by atoms with E-state index in [0.717, 1.165) is 17.7 Å². The molecule has 1 amide bonds. The fourth-order valence-corrected chi connectivity index (χ4v) is 4.89. The first-order valence-corrected chi connectivity index (χ1v) is 10.8. The number of nitrogens with zero attached hydrogens (tertiary/aromatic N) is 1. The lowest BCUT2D eigenvalue weighted by atomic mass is 9.69. The Kier molecular flexibility index (Phi) is 5.48. The zero-order valence-electron chi connectivity index (χ0n) is 18.0. The number of ketones is 1. The number of hydrogen-bond donors (Lipinski definition) is 0. The summed E-state index contributed by atoms with van der Waals surface area (Å²) in [6.07, 6.45) is -3.62. The minimum Gasteiger partial charge on any atom is -0.294 e. The Bertz CT molecular complexity index is 1130. The van der Waals surface area contributed by atoms with Crippen molar-refractivity contribution in [3.05, 3.63) is 75.4 Å². The first kappa shape index (κ1) is 22.6. The minimum atomic E-state index is -4.45. The van der Waals surface area contributed by atoms with Crippen LogP contribution < -0.4 is 4.90 Å². The largest absolute Gasteiger partial charge is 0.416 e. The molecule has 1 atom stereocenters. The van der Waals surface area contributed by atoms with Crippen LogP contribution >= 0.6 is 11.6 Å². The van der Waals surface area contributed by atoms with E-state index in [-0.39, 0.29) is 23.5 Å². The van der Waals surface area contributed by atoms with Crippen LogP contribution in [0.25, 0.3) is 0 Å². The van der Waals surface area contributed by atoms with Crippen molar-refractivity contribution in [2.45, 2.75) is 52.1 Å². The molecule has 0 fully saturated rings. The smallest absolute Gasteiger partial charge is 0.294 e. The van der Waals surface area contributed by atoms with Crippen molar-refractivity contribution < 1.29 is 22.8 Å². The lowest BCUT2D eigenvalue weighted by molar-refractivity contribution is -0.137. The number of carbonyl (C=O) groups is 2. The average molecular weight is 462 g/mol. The van der Waals surface area contributed by atoms with Gasteiger partial charge in [-0.1, -0.05) is 43.6 Å². The molecule has 1 heterocycles. The van der Waals surface area contributed by atoms with Gasteiger partial charge in [0.25, 0.3) is 0 Å². The van der Waals surface area contributed by atoms with Crippen LogP contribution in [0.5, 0.6) is 0 Å². The third kappa shape index (κ3) is 3.96. The van der Waals surface area contributed by atoms with Crippen molar-refractivity contribution in [1.29, 1.82) is 0 Å². The third-order valence-corrected chi connectivity index (χ3v) is 6.67. The molecular formula is C25H23ClF3NO2. The van der Waals surface area contributed by atoms with E-state index in [1.807, 2.05) is 20.8 Å². The number of carbonyl (C=O) groups excluding carboxylic acids is 2. The highest BCUT2D eigenvalue weighted by molar-refractivity contribution is 6.31. The van der Waals surface area contributed by atoms with Crippen molar-refractivity contribution in [2.24, 2.45) is 5.41 Å². The molecule has 2 aliphatic rings. The van der Waals surface area contributed by atoms with Crippen molar-refractivity contribution in [2.75, 3.05) is 4.90 Å². The molecule has 0 aromatic heterocycles. The van der Waals surface area contributed by atoms with E-state index >= 15 is 0 Å².